The molecule has 58 heavy (non-hydrogen) atoms. The number of thiophene rings is 1. The van der Waals surface area contributed by atoms with Crippen molar-refractivity contribution in [1.82, 2.24) is 0 Å². The third-order valence-corrected chi connectivity index (χ3v) is 15.5. The Morgan fingerprint density at radius 1 is 0.603 bits per heavy atom. The van der Waals surface area contributed by atoms with Gasteiger partial charge < -0.3 is 9.80 Å². The molecular weight excluding hydrogens is 719 g/mol. The van der Waals surface area contributed by atoms with Gasteiger partial charge in [-0.25, -0.2) is 0 Å². The van der Waals surface area contributed by atoms with Gasteiger partial charge in [-0.1, -0.05) is 141 Å². The molecule has 0 N–H and O–H groups in total. The van der Waals surface area contributed by atoms with Crippen LogP contribution in [0.1, 0.15) is 109 Å². The molecule has 1 atom stereocenters. The lowest BCUT2D eigenvalue weighted by Gasteiger charge is -2.54. The molecule has 11 rings (SSSR count). The normalized spacial score (nSPS) is 18.5. The van der Waals surface area contributed by atoms with Crippen molar-refractivity contribution in [3.8, 4) is 11.1 Å². The maximum atomic E-state index is 2.72. The van der Waals surface area contributed by atoms with Crippen LogP contribution in [0.3, 0.4) is 0 Å². The van der Waals surface area contributed by atoms with Gasteiger partial charge in [-0.3, -0.25) is 0 Å². The maximum Gasteiger partial charge on any atom is 0.264 e. The fraction of sp³-hybridized carbons (Fsp3) is 0.296. The molecule has 0 radical (unpaired) electrons. The zero-order valence-corrected chi connectivity index (χ0v) is 36.6. The first kappa shape index (κ1) is 36.1. The van der Waals surface area contributed by atoms with Crippen molar-refractivity contribution in [2.75, 3.05) is 9.80 Å². The molecule has 4 heterocycles. The zero-order valence-electron chi connectivity index (χ0n) is 35.8. The number of benzene rings is 6. The maximum absolute atomic E-state index is 2.72. The van der Waals surface area contributed by atoms with E-state index in [0.717, 1.165) is 6.42 Å². The van der Waals surface area contributed by atoms with Gasteiger partial charge in [0.2, 0.25) is 0 Å². The Kier molecular flexibility index (Phi) is 7.33. The van der Waals surface area contributed by atoms with E-state index in [-0.39, 0.29) is 28.4 Å². The summed E-state index contributed by atoms with van der Waals surface area (Å²) in [5.74, 6) is 0. The SMILES string of the molecule is Cc1cc2c3c(c1)N(c1ccc(C(C)(C)C)cc1-c1ccccc1)c1c(sc4ccccc14)B3c1ccc3c4c1N2c1ccc(C(C)(C)C)cc1C4(C)CCC3(C)C. The molecule has 0 bridgehead atoms. The lowest BCUT2D eigenvalue weighted by Crippen LogP contribution is -2.62. The van der Waals surface area contributed by atoms with Crippen LogP contribution in [0.4, 0.5) is 34.1 Å². The van der Waals surface area contributed by atoms with Crippen molar-refractivity contribution in [1.29, 1.82) is 0 Å². The molecular formula is C54H53BN2S. The zero-order chi connectivity index (χ0) is 40.3. The Labute approximate surface area is 349 Å². The van der Waals surface area contributed by atoms with E-state index in [2.05, 4.69) is 194 Å². The van der Waals surface area contributed by atoms with Crippen LogP contribution >= 0.6 is 11.3 Å². The molecule has 7 aromatic rings. The molecule has 0 saturated carbocycles. The van der Waals surface area contributed by atoms with Gasteiger partial charge in [0, 0.05) is 42.9 Å². The van der Waals surface area contributed by atoms with Crippen molar-refractivity contribution in [2.24, 2.45) is 0 Å². The van der Waals surface area contributed by atoms with Crippen molar-refractivity contribution in [3.05, 3.63) is 149 Å². The fourth-order valence-corrected chi connectivity index (χ4v) is 12.4. The molecule has 0 spiro atoms. The summed E-state index contributed by atoms with van der Waals surface area (Å²) in [6.07, 6.45) is 2.31. The average Bonchev–Trinajstić information content (AvgIpc) is 3.57. The van der Waals surface area contributed by atoms with E-state index in [4.69, 9.17) is 0 Å². The molecule has 4 heteroatoms. The molecule has 1 aliphatic carbocycles. The summed E-state index contributed by atoms with van der Waals surface area (Å²) >= 11 is 2.00. The van der Waals surface area contributed by atoms with Crippen molar-refractivity contribution >= 4 is 78.0 Å². The van der Waals surface area contributed by atoms with Gasteiger partial charge in [0.25, 0.3) is 6.71 Å². The van der Waals surface area contributed by atoms with E-state index in [1.807, 2.05) is 11.3 Å². The average molecular weight is 773 g/mol. The summed E-state index contributed by atoms with van der Waals surface area (Å²) in [6, 6.07) is 45.0. The molecule has 288 valence electrons. The summed E-state index contributed by atoms with van der Waals surface area (Å²) in [6.45, 7) is 24.0. The van der Waals surface area contributed by atoms with E-state index in [0.29, 0.717) is 0 Å². The van der Waals surface area contributed by atoms with Gasteiger partial charge in [0.05, 0.1) is 17.1 Å². The molecule has 4 aliphatic rings. The minimum atomic E-state index is -0.0868. The van der Waals surface area contributed by atoms with E-state index in [9.17, 15) is 0 Å². The topological polar surface area (TPSA) is 6.48 Å². The van der Waals surface area contributed by atoms with Crippen LogP contribution in [0.2, 0.25) is 0 Å². The van der Waals surface area contributed by atoms with E-state index in [1.165, 1.54) is 105 Å². The minimum absolute atomic E-state index is 0.0121. The highest BCUT2D eigenvalue weighted by Crippen LogP contribution is 2.61. The smallest absolute Gasteiger partial charge is 0.264 e. The highest BCUT2D eigenvalue weighted by atomic mass is 32.1. The van der Waals surface area contributed by atoms with Crippen LogP contribution in [0, 0.1) is 6.92 Å². The third-order valence-electron chi connectivity index (χ3n) is 14.3. The molecule has 0 amide bonds. The van der Waals surface area contributed by atoms with Crippen LogP contribution in [0.15, 0.2) is 115 Å². The summed E-state index contributed by atoms with van der Waals surface area (Å²) in [5.41, 5.74) is 22.0. The quantitative estimate of drug-likeness (QED) is 0.162. The first-order valence-electron chi connectivity index (χ1n) is 21.4. The summed E-state index contributed by atoms with van der Waals surface area (Å²) in [7, 11) is 0. The number of anilines is 6. The monoisotopic (exact) mass is 772 g/mol. The molecule has 0 saturated heterocycles. The van der Waals surface area contributed by atoms with Gasteiger partial charge in [-0.2, -0.15) is 0 Å². The molecule has 1 aromatic heterocycles. The van der Waals surface area contributed by atoms with E-state index < -0.39 is 0 Å². The first-order chi connectivity index (χ1) is 27.6. The number of aryl methyl sites for hydroxylation is 1. The van der Waals surface area contributed by atoms with Gasteiger partial charge in [-0.05, 0) is 122 Å². The Balaban J connectivity index is 1.28. The molecule has 6 aromatic carbocycles. The lowest BCUT2D eigenvalue weighted by atomic mass is 9.35. The van der Waals surface area contributed by atoms with Crippen molar-refractivity contribution < 1.29 is 0 Å². The second-order valence-electron chi connectivity index (χ2n) is 20.6. The third kappa shape index (κ3) is 4.85. The summed E-state index contributed by atoms with van der Waals surface area (Å²) < 4.78 is 2.79. The van der Waals surface area contributed by atoms with Crippen LogP contribution in [-0.4, -0.2) is 6.71 Å². The van der Waals surface area contributed by atoms with Gasteiger partial charge in [-0.15, -0.1) is 11.3 Å². The van der Waals surface area contributed by atoms with Gasteiger partial charge in [0.1, 0.15) is 0 Å². The van der Waals surface area contributed by atoms with E-state index in [1.54, 1.807) is 5.56 Å². The highest BCUT2D eigenvalue weighted by Gasteiger charge is 2.54. The Morgan fingerprint density at radius 2 is 1.24 bits per heavy atom. The number of hydrogen-bond donors (Lipinski definition) is 0. The fourth-order valence-electron chi connectivity index (χ4n) is 11.1. The standard InChI is InChI=1S/C54H53BN2S/c1-32-28-43-47-44(29-32)57-42-25-21-35(52(5,6)7)31-39(42)54(10)27-26-53(8,9)38-22-23-40(49(57)46(38)54)55(47)50-48(36-18-14-15-19-45(36)58-50)56(43)41-24-20-34(51(2,3)4)30-37(41)33-16-12-11-13-17-33/h11-25,28-31H,26-27H2,1-10H3. The molecule has 0 fully saturated rings. The highest BCUT2D eigenvalue weighted by molar-refractivity contribution is 7.33. The largest absolute Gasteiger partial charge is 0.311 e. The molecule has 3 aliphatic heterocycles. The predicted octanol–water partition coefficient (Wildman–Crippen LogP) is 13.2. The summed E-state index contributed by atoms with van der Waals surface area (Å²) in [5, 5.41) is 1.33. The van der Waals surface area contributed by atoms with Crippen LogP contribution < -0.4 is 25.5 Å². The Hall–Kier alpha value is -5.06. The van der Waals surface area contributed by atoms with Crippen LogP contribution in [0.5, 0.6) is 0 Å². The number of nitrogens with zero attached hydrogens (tertiary/aromatic N) is 2. The molecule has 2 nitrogen and oxygen atoms in total. The second kappa shape index (κ2) is 11.8. The summed E-state index contributed by atoms with van der Waals surface area (Å²) in [4.78, 5) is 5.38. The Bertz CT molecular complexity index is 2880. The lowest BCUT2D eigenvalue weighted by molar-refractivity contribution is 0.348. The number of hydrogen-bond acceptors (Lipinski definition) is 3. The van der Waals surface area contributed by atoms with Crippen molar-refractivity contribution in [2.45, 2.75) is 104 Å². The van der Waals surface area contributed by atoms with Crippen LogP contribution in [0.25, 0.3) is 21.2 Å². The van der Waals surface area contributed by atoms with Gasteiger partial charge >= 0.3 is 0 Å². The number of fused-ring (bicyclic) bond motifs is 9. The van der Waals surface area contributed by atoms with Gasteiger partial charge in [0.15, 0.2) is 0 Å². The first-order valence-corrected chi connectivity index (χ1v) is 22.2. The van der Waals surface area contributed by atoms with Crippen LogP contribution in [-0.2, 0) is 21.7 Å². The van der Waals surface area contributed by atoms with Crippen molar-refractivity contribution in [3.63, 3.8) is 0 Å². The second-order valence-corrected chi connectivity index (χ2v) is 21.7. The predicted molar refractivity (Wildman–Crippen MR) is 252 cm³/mol. The van der Waals surface area contributed by atoms with E-state index >= 15 is 0 Å². The molecule has 1 unspecified atom stereocenters. The number of rotatable bonds is 2. The minimum Gasteiger partial charge on any atom is -0.311 e. The Morgan fingerprint density at radius 3 is 1.95 bits per heavy atom.